The lowest BCUT2D eigenvalue weighted by atomic mass is 10.2. The molecule has 0 amide bonds. The first-order valence-corrected chi connectivity index (χ1v) is 13.0. The minimum Gasteiger partial charge on any atom is -0.387 e. The zero-order valence-electron chi connectivity index (χ0n) is 22.4. The summed E-state index contributed by atoms with van der Waals surface area (Å²) >= 11 is 0. The van der Waals surface area contributed by atoms with Crippen molar-refractivity contribution >= 4 is 12.4 Å². The summed E-state index contributed by atoms with van der Waals surface area (Å²) in [5.74, 6) is 1.22. The van der Waals surface area contributed by atoms with Crippen molar-refractivity contribution in [1.82, 2.24) is 20.3 Å². The van der Waals surface area contributed by atoms with Crippen LogP contribution in [0, 0.1) is 0 Å². The summed E-state index contributed by atoms with van der Waals surface area (Å²) < 4.78 is 10.4. The van der Waals surface area contributed by atoms with Crippen LogP contribution in [0.1, 0.15) is 22.6 Å². The Labute approximate surface area is 241 Å². The topological polar surface area (TPSA) is 121 Å². The van der Waals surface area contributed by atoms with Crippen LogP contribution in [-0.4, -0.2) is 32.7 Å². The van der Waals surface area contributed by atoms with E-state index >= 15 is 0 Å². The van der Waals surface area contributed by atoms with Crippen molar-refractivity contribution in [3.05, 3.63) is 144 Å². The highest BCUT2D eigenvalue weighted by Crippen LogP contribution is 2.19. The molecule has 0 unspecified atom stereocenters. The van der Waals surface area contributed by atoms with Gasteiger partial charge >= 0.3 is 0 Å². The molecular formula is C32H26N6O4. The smallest absolute Gasteiger partial charge is 0.177 e. The molecule has 208 valence electrons. The Kier molecular flexibility index (Phi) is 9.90. The Bertz CT molecular complexity index is 1540. The van der Waals surface area contributed by atoms with Crippen molar-refractivity contribution in [2.24, 2.45) is 10.3 Å². The summed E-state index contributed by atoms with van der Waals surface area (Å²) in [7, 11) is 0. The number of benzene rings is 2. The predicted molar refractivity (Wildman–Crippen MR) is 157 cm³/mol. The minimum absolute atomic E-state index is 0.233. The normalized spacial score (nSPS) is 10.9. The van der Waals surface area contributed by atoms with Crippen molar-refractivity contribution < 1.29 is 18.7 Å². The summed E-state index contributed by atoms with van der Waals surface area (Å²) in [5.41, 5.74) is 5.22. The maximum absolute atomic E-state index is 5.19. The van der Waals surface area contributed by atoms with Gasteiger partial charge in [-0.2, -0.15) is 0 Å². The van der Waals surface area contributed by atoms with Crippen LogP contribution >= 0.6 is 0 Å². The van der Waals surface area contributed by atoms with E-state index < -0.39 is 0 Å². The summed E-state index contributed by atoms with van der Waals surface area (Å²) in [6.07, 6.45) is 10.2. The summed E-state index contributed by atoms with van der Waals surface area (Å²) in [6, 6.07) is 30.6. The average molecular weight is 559 g/mol. The van der Waals surface area contributed by atoms with Gasteiger partial charge < -0.3 is 18.7 Å². The first-order valence-electron chi connectivity index (χ1n) is 13.0. The molecule has 0 bridgehead atoms. The lowest BCUT2D eigenvalue weighted by Gasteiger charge is -1.94. The van der Waals surface area contributed by atoms with Gasteiger partial charge in [-0.15, -0.1) is 0 Å². The van der Waals surface area contributed by atoms with E-state index in [1.165, 1.54) is 0 Å². The van der Waals surface area contributed by atoms with Gasteiger partial charge in [-0.1, -0.05) is 81.3 Å². The Balaban J connectivity index is 0.000000168. The molecule has 42 heavy (non-hydrogen) atoms. The van der Waals surface area contributed by atoms with E-state index in [2.05, 4.69) is 30.6 Å². The average Bonchev–Trinajstić information content (AvgIpc) is 3.74. The predicted octanol–water partition coefficient (Wildman–Crippen LogP) is 6.57. The minimum atomic E-state index is 0.233. The number of hydrogen-bond donors (Lipinski definition) is 0. The first-order chi connectivity index (χ1) is 20.8. The molecule has 6 rings (SSSR count). The molecule has 0 N–H and O–H groups in total. The molecule has 4 heterocycles. The highest BCUT2D eigenvalue weighted by atomic mass is 16.6. The molecule has 0 radical (unpaired) electrons. The number of nitrogens with zero attached hydrogens (tertiary/aromatic N) is 6. The monoisotopic (exact) mass is 558 g/mol. The molecule has 0 spiro atoms. The Hall–Kier alpha value is -5.90. The van der Waals surface area contributed by atoms with Crippen LogP contribution in [0.3, 0.4) is 0 Å². The Morgan fingerprint density at radius 3 is 1.43 bits per heavy atom. The van der Waals surface area contributed by atoms with Crippen LogP contribution in [0.25, 0.3) is 22.5 Å². The molecule has 0 atom stereocenters. The fourth-order valence-corrected chi connectivity index (χ4v) is 3.54. The van der Waals surface area contributed by atoms with Gasteiger partial charge in [0.25, 0.3) is 0 Å². The second-order valence-corrected chi connectivity index (χ2v) is 8.68. The van der Waals surface area contributed by atoms with Gasteiger partial charge in [-0.05, 0) is 35.4 Å². The summed E-state index contributed by atoms with van der Waals surface area (Å²) in [4.78, 5) is 18.5. The van der Waals surface area contributed by atoms with Crippen LogP contribution in [0.2, 0.25) is 0 Å². The Morgan fingerprint density at radius 2 is 1.02 bits per heavy atom. The van der Waals surface area contributed by atoms with Crippen molar-refractivity contribution in [2.75, 3.05) is 0 Å². The molecule has 10 heteroatoms. The fraction of sp³-hybridized carbons (Fsp3) is 0.0625. The summed E-state index contributed by atoms with van der Waals surface area (Å²) in [6.45, 7) is 0.465. The zero-order chi connectivity index (χ0) is 28.7. The fourth-order valence-electron chi connectivity index (χ4n) is 3.54. The van der Waals surface area contributed by atoms with Gasteiger partial charge in [0, 0.05) is 48.0 Å². The van der Waals surface area contributed by atoms with Gasteiger partial charge in [0.15, 0.2) is 24.7 Å². The number of pyridine rings is 2. The van der Waals surface area contributed by atoms with Crippen molar-refractivity contribution in [3.63, 3.8) is 0 Å². The van der Waals surface area contributed by atoms with Gasteiger partial charge in [0.1, 0.15) is 11.4 Å². The molecular weight excluding hydrogens is 532 g/mol. The van der Waals surface area contributed by atoms with Crippen LogP contribution in [-0.2, 0) is 22.9 Å². The Morgan fingerprint density at radius 1 is 0.571 bits per heavy atom. The lowest BCUT2D eigenvalue weighted by molar-refractivity contribution is 0.110. The van der Waals surface area contributed by atoms with Gasteiger partial charge in [0.2, 0.25) is 0 Å². The van der Waals surface area contributed by atoms with Crippen LogP contribution in [0.15, 0.2) is 141 Å². The quantitative estimate of drug-likeness (QED) is 0.137. The second-order valence-electron chi connectivity index (χ2n) is 8.68. The summed E-state index contributed by atoms with van der Waals surface area (Å²) in [5, 5.41) is 15.7. The SMILES string of the molecule is C(=N\OCc1cc(-c2cccnc2)no1)/c1ccccc1.C(=N\OCc1cc(-c2cccnc2)no1)/c1ccccc1. The third kappa shape index (κ3) is 8.55. The first kappa shape index (κ1) is 27.7. The molecule has 2 aromatic carbocycles. The van der Waals surface area contributed by atoms with Gasteiger partial charge in [-0.3, -0.25) is 9.97 Å². The maximum atomic E-state index is 5.19. The van der Waals surface area contributed by atoms with E-state index in [4.69, 9.17) is 18.7 Å². The van der Waals surface area contributed by atoms with Crippen molar-refractivity contribution in [3.8, 4) is 22.5 Å². The lowest BCUT2D eigenvalue weighted by Crippen LogP contribution is -1.86. The van der Waals surface area contributed by atoms with Crippen LogP contribution in [0.5, 0.6) is 0 Å². The van der Waals surface area contributed by atoms with E-state index in [1.54, 1.807) is 37.2 Å². The second kappa shape index (κ2) is 15.0. The highest BCUT2D eigenvalue weighted by Gasteiger charge is 2.07. The van der Waals surface area contributed by atoms with Crippen LogP contribution in [0.4, 0.5) is 0 Å². The van der Waals surface area contributed by atoms with E-state index in [9.17, 15) is 0 Å². The third-order valence-electron chi connectivity index (χ3n) is 5.60. The number of oxime groups is 2. The van der Waals surface area contributed by atoms with Crippen molar-refractivity contribution in [2.45, 2.75) is 13.2 Å². The molecule has 0 aliphatic heterocycles. The molecule has 0 aliphatic carbocycles. The van der Waals surface area contributed by atoms with Gasteiger partial charge in [0.05, 0.1) is 12.4 Å². The van der Waals surface area contributed by atoms with E-state index in [1.807, 2.05) is 97.1 Å². The molecule has 0 fully saturated rings. The molecule has 0 aliphatic rings. The zero-order valence-corrected chi connectivity index (χ0v) is 22.4. The molecule has 4 aromatic heterocycles. The van der Waals surface area contributed by atoms with Crippen LogP contribution < -0.4 is 0 Å². The third-order valence-corrected chi connectivity index (χ3v) is 5.60. The number of rotatable bonds is 10. The molecule has 0 saturated heterocycles. The van der Waals surface area contributed by atoms with Crippen molar-refractivity contribution in [1.29, 1.82) is 0 Å². The van der Waals surface area contributed by atoms with E-state index in [0.29, 0.717) is 11.5 Å². The molecule has 0 saturated carbocycles. The maximum Gasteiger partial charge on any atom is 0.177 e. The number of aromatic nitrogens is 4. The van der Waals surface area contributed by atoms with E-state index in [-0.39, 0.29) is 13.2 Å². The molecule has 6 aromatic rings. The molecule has 10 nitrogen and oxygen atoms in total. The standard InChI is InChI=1S/2C16H13N3O2/c2*1-2-5-13(6-3-1)10-18-20-12-15-9-16(19-21-15)14-7-4-8-17-11-14/h2*1-11H,12H2/b2*18-10+. The largest absolute Gasteiger partial charge is 0.387 e. The van der Waals surface area contributed by atoms with E-state index in [0.717, 1.165) is 33.6 Å². The number of hydrogen-bond acceptors (Lipinski definition) is 10. The highest BCUT2D eigenvalue weighted by molar-refractivity contribution is 5.79. The van der Waals surface area contributed by atoms with Gasteiger partial charge in [-0.25, -0.2) is 0 Å².